The van der Waals surface area contributed by atoms with Crippen LogP contribution in [0.5, 0.6) is 0 Å². The van der Waals surface area contributed by atoms with Crippen molar-refractivity contribution in [1.82, 2.24) is 15.0 Å². The van der Waals surface area contributed by atoms with Gasteiger partial charge in [0.25, 0.3) is 0 Å². The molecule has 0 radical (unpaired) electrons. The number of nitrogens with one attached hydrogen (secondary N) is 1. The van der Waals surface area contributed by atoms with Gasteiger partial charge in [-0.3, -0.25) is 4.99 Å². The fraction of sp³-hybridized carbons (Fsp3) is 0.296. The highest BCUT2D eigenvalue weighted by Gasteiger charge is 2.28. The Morgan fingerprint density at radius 1 is 0.906 bits per heavy atom. The maximum Gasteiger partial charge on any atom is 0.109 e. The fourth-order valence-corrected chi connectivity index (χ4v) is 5.69. The van der Waals surface area contributed by atoms with E-state index in [0.717, 1.165) is 35.4 Å². The molecular formula is C27H26N4S. The van der Waals surface area contributed by atoms with Crippen molar-refractivity contribution in [3.63, 3.8) is 0 Å². The number of rotatable bonds is 4. The summed E-state index contributed by atoms with van der Waals surface area (Å²) in [5, 5.41) is 0. The van der Waals surface area contributed by atoms with Crippen LogP contribution in [0.4, 0.5) is 0 Å². The SMILES string of the molecule is CC(C)C1=NC2=C(C1)c1ccc(-c3ccc(-c4cnc(C(C)C)[nH]4)c4ncsc34)cc1C2. The second-order valence-electron chi connectivity index (χ2n) is 9.44. The summed E-state index contributed by atoms with van der Waals surface area (Å²) < 4.78 is 1.22. The number of H-pyrrole nitrogens is 1. The van der Waals surface area contributed by atoms with Gasteiger partial charge in [0.15, 0.2) is 0 Å². The third kappa shape index (κ3) is 2.99. The van der Waals surface area contributed by atoms with Crippen LogP contribution in [-0.4, -0.2) is 20.7 Å². The zero-order valence-corrected chi connectivity index (χ0v) is 19.7. The highest BCUT2D eigenvalue weighted by molar-refractivity contribution is 7.17. The van der Waals surface area contributed by atoms with Gasteiger partial charge in [0, 0.05) is 41.3 Å². The Morgan fingerprint density at radius 3 is 2.50 bits per heavy atom. The molecule has 0 bridgehead atoms. The first-order valence-corrected chi connectivity index (χ1v) is 12.2. The van der Waals surface area contributed by atoms with E-state index in [2.05, 4.69) is 68.0 Å². The molecule has 32 heavy (non-hydrogen) atoms. The number of aromatic nitrogens is 3. The Hall–Kier alpha value is -3.05. The van der Waals surface area contributed by atoms with Gasteiger partial charge < -0.3 is 4.98 Å². The molecule has 5 heteroatoms. The van der Waals surface area contributed by atoms with E-state index in [1.54, 1.807) is 11.3 Å². The van der Waals surface area contributed by atoms with Crippen molar-refractivity contribution in [3.8, 4) is 22.4 Å². The lowest BCUT2D eigenvalue weighted by Gasteiger charge is -2.11. The number of fused-ring (bicyclic) bond motifs is 3. The minimum absolute atomic E-state index is 0.372. The summed E-state index contributed by atoms with van der Waals surface area (Å²) >= 11 is 1.71. The molecule has 0 fully saturated rings. The Kier molecular flexibility index (Phi) is 4.44. The van der Waals surface area contributed by atoms with Gasteiger partial charge in [0.2, 0.25) is 0 Å². The largest absolute Gasteiger partial charge is 0.342 e. The van der Waals surface area contributed by atoms with Gasteiger partial charge in [-0.05, 0) is 34.2 Å². The second kappa shape index (κ2) is 7.24. The molecule has 0 amide bonds. The molecule has 0 atom stereocenters. The van der Waals surface area contributed by atoms with Gasteiger partial charge in [-0.25, -0.2) is 9.97 Å². The summed E-state index contributed by atoms with van der Waals surface area (Å²) in [6.45, 7) is 8.78. The number of hydrogen-bond donors (Lipinski definition) is 1. The maximum atomic E-state index is 4.95. The Labute approximate surface area is 192 Å². The minimum Gasteiger partial charge on any atom is -0.342 e. The number of allylic oxidation sites excluding steroid dienone is 2. The van der Waals surface area contributed by atoms with Crippen LogP contribution in [-0.2, 0) is 6.42 Å². The fourth-order valence-electron chi connectivity index (χ4n) is 4.84. The van der Waals surface area contributed by atoms with E-state index in [4.69, 9.17) is 9.98 Å². The van der Waals surface area contributed by atoms with Gasteiger partial charge in [0.1, 0.15) is 5.82 Å². The molecule has 0 saturated heterocycles. The first-order chi connectivity index (χ1) is 15.5. The first-order valence-electron chi connectivity index (χ1n) is 11.3. The van der Waals surface area contributed by atoms with Crippen LogP contribution < -0.4 is 0 Å². The van der Waals surface area contributed by atoms with Crippen LogP contribution in [0.1, 0.15) is 57.0 Å². The molecule has 1 N–H and O–H groups in total. The molecule has 2 aromatic carbocycles. The van der Waals surface area contributed by atoms with Gasteiger partial charge >= 0.3 is 0 Å². The molecule has 0 unspecified atom stereocenters. The smallest absolute Gasteiger partial charge is 0.109 e. The average Bonchev–Trinajstić information content (AvgIpc) is 3.55. The van der Waals surface area contributed by atoms with E-state index < -0.39 is 0 Å². The summed E-state index contributed by atoms with van der Waals surface area (Å²) in [6.07, 6.45) is 3.89. The molecule has 2 aliphatic rings. The number of imidazole rings is 1. The molecule has 6 rings (SSSR count). The number of aromatic amines is 1. The lowest BCUT2D eigenvalue weighted by Crippen LogP contribution is -2.05. The first kappa shape index (κ1) is 19.6. The predicted molar refractivity (Wildman–Crippen MR) is 134 cm³/mol. The van der Waals surface area contributed by atoms with Crippen molar-refractivity contribution in [2.24, 2.45) is 10.9 Å². The second-order valence-corrected chi connectivity index (χ2v) is 10.3. The summed E-state index contributed by atoms with van der Waals surface area (Å²) in [4.78, 5) is 17.7. The molecule has 4 nitrogen and oxygen atoms in total. The van der Waals surface area contributed by atoms with E-state index in [-0.39, 0.29) is 0 Å². The third-order valence-electron chi connectivity index (χ3n) is 6.67. The van der Waals surface area contributed by atoms with Crippen molar-refractivity contribution in [1.29, 1.82) is 0 Å². The maximum absolute atomic E-state index is 4.95. The highest BCUT2D eigenvalue weighted by Crippen LogP contribution is 2.43. The van der Waals surface area contributed by atoms with Crippen molar-refractivity contribution < 1.29 is 0 Å². The molecule has 4 aromatic rings. The average molecular weight is 439 g/mol. The van der Waals surface area contributed by atoms with E-state index in [1.807, 2.05) is 11.7 Å². The molecule has 0 saturated carbocycles. The van der Waals surface area contributed by atoms with Crippen LogP contribution in [0, 0.1) is 5.92 Å². The molecule has 1 aliphatic carbocycles. The standard InChI is InChI=1S/C27H26N4S/c1-14(2)22-11-21-18-6-5-16(9-17(18)10-23(21)30-22)19-7-8-20(25-26(19)32-13-29-25)24-12-28-27(31-24)15(3)4/h5-9,12-15H,10-11H2,1-4H3,(H,28,31). The van der Waals surface area contributed by atoms with E-state index >= 15 is 0 Å². The zero-order valence-electron chi connectivity index (χ0n) is 18.9. The number of aliphatic imine (C=N–C) groups is 1. The van der Waals surface area contributed by atoms with Gasteiger partial charge in [-0.1, -0.05) is 52.0 Å². The van der Waals surface area contributed by atoms with Gasteiger partial charge in [0.05, 0.1) is 27.6 Å². The van der Waals surface area contributed by atoms with E-state index in [1.165, 1.54) is 43.9 Å². The Bertz CT molecular complexity index is 1430. The van der Waals surface area contributed by atoms with E-state index in [9.17, 15) is 0 Å². The number of benzene rings is 2. The molecule has 3 heterocycles. The third-order valence-corrected chi connectivity index (χ3v) is 7.53. The van der Waals surface area contributed by atoms with E-state index in [0.29, 0.717) is 11.8 Å². The molecule has 0 spiro atoms. The summed E-state index contributed by atoms with van der Waals surface area (Å²) in [6, 6.07) is 11.3. The lowest BCUT2D eigenvalue weighted by atomic mass is 9.94. The monoisotopic (exact) mass is 438 g/mol. The topological polar surface area (TPSA) is 53.9 Å². The van der Waals surface area contributed by atoms with Crippen molar-refractivity contribution in [2.75, 3.05) is 0 Å². The number of thiazole rings is 1. The normalized spacial score (nSPS) is 15.2. The quantitative estimate of drug-likeness (QED) is 0.365. The van der Waals surface area contributed by atoms with Crippen LogP contribution in [0.3, 0.4) is 0 Å². The lowest BCUT2D eigenvalue weighted by molar-refractivity contribution is 0.795. The Balaban J connectivity index is 1.38. The highest BCUT2D eigenvalue weighted by atomic mass is 32.1. The molecule has 2 aromatic heterocycles. The Morgan fingerprint density at radius 2 is 1.72 bits per heavy atom. The molecular weight excluding hydrogens is 412 g/mol. The van der Waals surface area contributed by atoms with Crippen molar-refractivity contribution in [2.45, 2.75) is 46.5 Å². The van der Waals surface area contributed by atoms with Crippen LogP contribution in [0.15, 0.2) is 52.7 Å². The van der Waals surface area contributed by atoms with Crippen LogP contribution >= 0.6 is 11.3 Å². The minimum atomic E-state index is 0.372. The number of hydrogen-bond acceptors (Lipinski definition) is 4. The zero-order chi connectivity index (χ0) is 22.0. The summed E-state index contributed by atoms with van der Waals surface area (Å²) in [7, 11) is 0. The number of nitrogens with zero attached hydrogens (tertiary/aromatic N) is 3. The van der Waals surface area contributed by atoms with Gasteiger partial charge in [-0.2, -0.15) is 0 Å². The van der Waals surface area contributed by atoms with Crippen LogP contribution in [0.2, 0.25) is 0 Å². The van der Waals surface area contributed by atoms with Crippen LogP contribution in [0.25, 0.3) is 38.2 Å². The van der Waals surface area contributed by atoms with Crippen molar-refractivity contribution in [3.05, 3.63) is 64.7 Å². The molecule has 1 aliphatic heterocycles. The summed E-state index contributed by atoms with van der Waals surface area (Å²) in [5.74, 6) is 1.90. The predicted octanol–water partition coefficient (Wildman–Crippen LogP) is 7.24. The van der Waals surface area contributed by atoms with Crippen molar-refractivity contribution >= 4 is 32.8 Å². The summed E-state index contributed by atoms with van der Waals surface area (Å²) in [5.41, 5.74) is 14.5. The molecule has 160 valence electrons. The van der Waals surface area contributed by atoms with Gasteiger partial charge in [-0.15, -0.1) is 11.3 Å².